The molecule has 2 aromatic carbocycles. The van der Waals surface area contributed by atoms with Gasteiger partial charge in [0, 0.05) is 30.3 Å². The average molecular weight is 322 g/mol. The van der Waals surface area contributed by atoms with Crippen LogP contribution in [0.1, 0.15) is 22.5 Å². The van der Waals surface area contributed by atoms with Crippen LogP contribution in [0.3, 0.4) is 0 Å². The number of nitrogens with zero attached hydrogens (tertiary/aromatic N) is 1. The second kappa shape index (κ2) is 6.95. The van der Waals surface area contributed by atoms with E-state index in [1.165, 1.54) is 0 Å². The first-order chi connectivity index (χ1) is 11.6. The quantitative estimate of drug-likeness (QED) is 0.675. The molecule has 0 unspecified atom stereocenters. The standard InChI is InChI=1S/C18H18N4O2/c1-12-10-16(22-21-12)20-17(23)8-9-19-18(24)15-7-6-13-4-2-3-5-14(13)11-15/h2-7,10-11H,8-9H2,1H3,(H,19,24)(H2,20,21,22,23). The van der Waals surface area contributed by atoms with Crippen molar-refractivity contribution < 1.29 is 9.59 Å². The van der Waals surface area contributed by atoms with Crippen molar-refractivity contribution in [3.8, 4) is 0 Å². The number of rotatable bonds is 5. The van der Waals surface area contributed by atoms with Crippen molar-refractivity contribution in [2.45, 2.75) is 13.3 Å². The zero-order chi connectivity index (χ0) is 16.9. The zero-order valence-electron chi connectivity index (χ0n) is 13.3. The number of hydrogen-bond acceptors (Lipinski definition) is 3. The summed E-state index contributed by atoms with van der Waals surface area (Å²) in [7, 11) is 0. The summed E-state index contributed by atoms with van der Waals surface area (Å²) in [4.78, 5) is 24.0. The van der Waals surface area contributed by atoms with Crippen LogP contribution < -0.4 is 10.6 Å². The fraction of sp³-hybridized carbons (Fsp3) is 0.167. The molecule has 1 aromatic heterocycles. The Morgan fingerprint density at radius 3 is 2.62 bits per heavy atom. The van der Waals surface area contributed by atoms with Crippen LogP contribution in [0.15, 0.2) is 48.5 Å². The smallest absolute Gasteiger partial charge is 0.251 e. The number of aryl methyl sites for hydroxylation is 1. The van der Waals surface area contributed by atoms with E-state index < -0.39 is 0 Å². The minimum atomic E-state index is -0.194. The second-order valence-corrected chi connectivity index (χ2v) is 5.55. The molecule has 0 atom stereocenters. The number of aromatic amines is 1. The molecule has 0 aliphatic heterocycles. The van der Waals surface area contributed by atoms with Crippen molar-refractivity contribution in [3.63, 3.8) is 0 Å². The molecule has 3 rings (SSSR count). The van der Waals surface area contributed by atoms with Gasteiger partial charge in [-0.25, -0.2) is 0 Å². The Kier molecular flexibility index (Phi) is 4.56. The SMILES string of the molecule is Cc1cc(NC(=O)CCNC(=O)c2ccc3ccccc3c2)n[nH]1. The zero-order valence-corrected chi connectivity index (χ0v) is 13.3. The van der Waals surface area contributed by atoms with E-state index in [-0.39, 0.29) is 24.8 Å². The minimum absolute atomic E-state index is 0.186. The average Bonchev–Trinajstić information content (AvgIpc) is 2.99. The van der Waals surface area contributed by atoms with E-state index in [1.807, 2.05) is 43.3 Å². The Labute approximate surface area is 139 Å². The van der Waals surface area contributed by atoms with E-state index in [0.29, 0.717) is 11.4 Å². The summed E-state index contributed by atoms with van der Waals surface area (Å²) in [5.74, 6) is 0.0998. The summed E-state index contributed by atoms with van der Waals surface area (Å²) in [6.07, 6.45) is 0.186. The van der Waals surface area contributed by atoms with Gasteiger partial charge in [-0.05, 0) is 29.8 Å². The third-order valence-corrected chi connectivity index (χ3v) is 3.62. The maximum atomic E-state index is 12.2. The number of carbonyl (C=O) groups is 2. The van der Waals surface area contributed by atoms with Crippen LogP contribution in [-0.2, 0) is 4.79 Å². The molecule has 0 fully saturated rings. The Morgan fingerprint density at radius 1 is 1.08 bits per heavy atom. The lowest BCUT2D eigenvalue weighted by atomic mass is 10.1. The lowest BCUT2D eigenvalue weighted by Crippen LogP contribution is -2.27. The normalized spacial score (nSPS) is 10.5. The summed E-state index contributed by atoms with van der Waals surface area (Å²) in [6, 6.07) is 15.1. The van der Waals surface area contributed by atoms with E-state index in [1.54, 1.807) is 12.1 Å². The number of aromatic nitrogens is 2. The van der Waals surface area contributed by atoms with Crippen LogP contribution in [0.25, 0.3) is 10.8 Å². The number of benzene rings is 2. The summed E-state index contributed by atoms with van der Waals surface area (Å²) < 4.78 is 0. The maximum absolute atomic E-state index is 12.2. The first-order valence-electron chi connectivity index (χ1n) is 7.71. The second-order valence-electron chi connectivity index (χ2n) is 5.55. The summed E-state index contributed by atoms with van der Waals surface area (Å²) in [5.41, 5.74) is 1.45. The molecule has 0 saturated carbocycles. The topological polar surface area (TPSA) is 86.9 Å². The van der Waals surface area contributed by atoms with Gasteiger partial charge in [0.15, 0.2) is 5.82 Å². The third kappa shape index (κ3) is 3.78. The number of fused-ring (bicyclic) bond motifs is 1. The third-order valence-electron chi connectivity index (χ3n) is 3.62. The van der Waals surface area contributed by atoms with Crippen LogP contribution >= 0.6 is 0 Å². The molecule has 24 heavy (non-hydrogen) atoms. The first kappa shape index (κ1) is 15.7. The Morgan fingerprint density at radius 2 is 1.88 bits per heavy atom. The van der Waals surface area contributed by atoms with E-state index in [4.69, 9.17) is 0 Å². The van der Waals surface area contributed by atoms with Crippen molar-refractivity contribution in [1.29, 1.82) is 0 Å². The van der Waals surface area contributed by atoms with Crippen LogP contribution in [0, 0.1) is 6.92 Å². The molecular weight excluding hydrogens is 304 g/mol. The monoisotopic (exact) mass is 322 g/mol. The number of carbonyl (C=O) groups excluding carboxylic acids is 2. The lowest BCUT2D eigenvalue weighted by molar-refractivity contribution is -0.116. The van der Waals surface area contributed by atoms with Gasteiger partial charge in [-0.15, -0.1) is 0 Å². The molecule has 122 valence electrons. The molecule has 1 heterocycles. The van der Waals surface area contributed by atoms with Crippen LogP contribution in [0.2, 0.25) is 0 Å². The highest BCUT2D eigenvalue weighted by atomic mass is 16.2. The fourth-order valence-electron chi connectivity index (χ4n) is 2.41. The maximum Gasteiger partial charge on any atom is 0.251 e. The molecule has 0 aliphatic carbocycles. The van der Waals surface area contributed by atoms with Crippen molar-refractivity contribution in [1.82, 2.24) is 15.5 Å². The van der Waals surface area contributed by atoms with Gasteiger partial charge in [0.05, 0.1) is 0 Å². The summed E-state index contributed by atoms with van der Waals surface area (Å²) >= 11 is 0. The lowest BCUT2D eigenvalue weighted by Gasteiger charge is -2.06. The minimum Gasteiger partial charge on any atom is -0.352 e. The Hall–Kier alpha value is -3.15. The molecule has 0 aliphatic rings. The molecule has 0 bridgehead atoms. The molecule has 3 N–H and O–H groups in total. The van der Waals surface area contributed by atoms with Crippen molar-refractivity contribution in [2.75, 3.05) is 11.9 Å². The van der Waals surface area contributed by atoms with Gasteiger partial charge < -0.3 is 10.6 Å². The number of H-pyrrole nitrogens is 1. The Balaban J connectivity index is 1.52. The van der Waals surface area contributed by atoms with Crippen molar-refractivity contribution in [3.05, 3.63) is 59.8 Å². The predicted molar refractivity (Wildman–Crippen MR) is 92.9 cm³/mol. The van der Waals surface area contributed by atoms with Crippen LogP contribution in [0.4, 0.5) is 5.82 Å². The molecular formula is C18H18N4O2. The molecule has 0 radical (unpaired) electrons. The summed E-state index contributed by atoms with van der Waals surface area (Å²) in [6.45, 7) is 2.12. The van der Waals surface area contributed by atoms with Gasteiger partial charge >= 0.3 is 0 Å². The van der Waals surface area contributed by atoms with Gasteiger partial charge in [-0.3, -0.25) is 14.7 Å². The van der Waals surface area contributed by atoms with Crippen LogP contribution in [0.5, 0.6) is 0 Å². The van der Waals surface area contributed by atoms with Crippen molar-refractivity contribution in [2.24, 2.45) is 0 Å². The number of amides is 2. The van der Waals surface area contributed by atoms with Crippen LogP contribution in [-0.4, -0.2) is 28.6 Å². The number of anilines is 1. The largest absolute Gasteiger partial charge is 0.352 e. The molecule has 0 spiro atoms. The van der Waals surface area contributed by atoms with E-state index in [2.05, 4.69) is 20.8 Å². The summed E-state index contributed by atoms with van der Waals surface area (Å²) in [5, 5.41) is 14.2. The number of hydrogen-bond donors (Lipinski definition) is 3. The van der Waals surface area contributed by atoms with E-state index in [9.17, 15) is 9.59 Å². The highest BCUT2D eigenvalue weighted by Gasteiger charge is 2.08. The molecule has 3 aromatic rings. The number of nitrogens with one attached hydrogen (secondary N) is 3. The van der Waals surface area contributed by atoms with Gasteiger partial charge in [0.25, 0.3) is 5.91 Å². The van der Waals surface area contributed by atoms with Gasteiger partial charge in [-0.1, -0.05) is 30.3 Å². The van der Waals surface area contributed by atoms with Gasteiger partial charge in [0.2, 0.25) is 5.91 Å². The van der Waals surface area contributed by atoms with E-state index in [0.717, 1.165) is 16.5 Å². The molecule has 6 heteroatoms. The highest BCUT2D eigenvalue weighted by molar-refractivity contribution is 5.99. The van der Waals surface area contributed by atoms with Gasteiger partial charge in [-0.2, -0.15) is 5.10 Å². The fourth-order valence-corrected chi connectivity index (χ4v) is 2.41. The van der Waals surface area contributed by atoms with E-state index >= 15 is 0 Å². The molecule has 6 nitrogen and oxygen atoms in total. The highest BCUT2D eigenvalue weighted by Crippen LogP contribution is 2.15. The first-order valence-corrected chi connectivity index (χ1v) is 7.71. The molecule has 2 amide bonds. The Bertz CT molecular complexity index is 885. The predicted octanol–water partition coefficient (Wildman–Crippen LogP) is 2.63. The van der Waals surface area contributed by atoms with Gasteiger partial charge in [0.1, 0.15) is 0 Å². The van der Waals surface area contributed by atoms with Crippen molar-refractivity contribution >= 4 is 28.4 Å². The molecule has 0 saturated heterocycles.